The molecule has 1 aliphatic rings. The van der Waals surface area contributed by atoms with E-state index in [2.05, 4.69) is 10.7 Å². The van der Waals surface area contributed by atoms with E-state index >= 15 is 0 Å². The molecule has 2 amide bonds. The van der Waals surface area contributed by atoms with Crippen LogP contribution in [0.25, 0.3) is 0 Å². The van der Waals surface area contributed by atoms with Crippen molar-refractivity contribution >= 4 is 17.5 Å². The Morgan fingerprint density at radius 2 is 2.15 bits per heavy atom. The SMILES string of the molecule is Cc1ccc(C(=O)N2CCNC(=O)C2(C)C)c(NN)c1. The molecule has 1 aromatic carbocycles. The molecule has 6 heteroatoms. The second-order valence-electron chi connectivity index (χ2n) is 5.47. The molecule has 108 valence electrons. The number of hydrogen-bond donors (Lipinski definition) is 3. The molecule has 0 saturated carbocycles. The van der Waals surface area contributed by atoms with Gasteiger partial charge in [0.1, 0.15) is 5.54 Å². The van der Waals surface area contributed by atoms with Crippen LogP contribution in [0.5, 0.6) is 0 Å². The van der Waals surface area contributed by atoms with Gasteiger partial charge in [0.25, 0.3) is 5.91 Å². The number of rotatable bonds is 2. The van der Waals surface area contributed by atoms with E-state index in [1.165, 1.54) is 0 Å². The van der Waals surface area contributed by atoms with Gasteiger partial charge in [-0.2, -0.15) is 0 Å². The van der Waals surface area contributed by atoms with Crippen molar-refractivity contribution in [2.75, 3.05) is 18.5 Å². The van der Waals surface area contributed by atoms with E-state index in [1.807, 2.05) is 19.1 Å². The maximum Gasteiger partial charge on any atom is 0.256 e. The first-order valence-electron chi connectivity index (χ1n) is 6.55. The van der Waals surface area contributed by atoms with Crippen LogP contribution in [0.4, 0.5) is 5.69 Å². The molecule has 0 bridgehead atoms. The molecular formula is C14H20N4O2. The topological polar surface area (TPSA) is 87.5 Å². The Hall–Kier alpha value is -2.08. The zero-order chi connectivity index (χ0) is 14.9. The normalized spacial score (nSPS) is 17.6. The number of nitrogens with zero attached hydrogens (tertiary/aromatic N) is 1. The van der Waals surface area contributed by atoms with E-state index < -0.39 is 5.54 Å². The molecule has 1 fully saturated rings. The fourth-order valence-electron chi connectivity index (χ4n) is 2.36. The fraction of sp³-hybridized carbons (Fsp3) is 0.429. The second-order valence-corrected chi connectivity index (χ2v) is 5.47. The second kappa shape index (κ2) is 5.13. The predicted molar refractivity (Wildman–Crippen MR) is 77.1 cm³/mol. The molecule has 1 aliphatic heterocycles. The molecule has 0 radical (unpaired) electrons. The lowest BCUT2D eigenvalue weighted by atomic mass is 9.97. The maximum absolute atomic E-state index is 12.7. The molecule has 4 N–H and O–H groups in total. The minimum Gasteiger partial charge on any atom is -0.352 e. The van der Waals surface area contributed by atoms with Gasteiger partial charge < -0.3 is 15.6 Å². The number of hydrogen-bond acceptors (Lipinski definition) is 4. The van der Waals surface area contributed by atoms with Gasteiger partial charge >= 0.3 is 0 Å². The monoisotopic (exact) mass is 276 g/mol. The number of nitrogen functional groups attached to an aromatic ring is 1. The van der Waals surface area contributed by atoms with E-state index in [-0.39, 0.29) is 11.8 Å². The van der Waals surface area contributed by atoms with Crippen LogP contribution in [-0.4, -0.2) is 35.3 Å². The van der Waals surface area contributed by atoms with Gasteiger partial charge in [-0.1, -0.05) is 6.07 Å². The number of carbonyl (C=O) groups is 2. The third-order valence-electron chi connectivity index (χ3n) is 3.66. The zero-order valence-electron chi connectivity index (χ0n) is 12.0. The molecule has 6 nitrogen and oxygen atoms in total. The summed E-state index contributed by atoms with van der Waals surface area (Å²) in [5.74, 6) is 5.14. The van der Waals surface area contributed by atoms with Crippen LogP contribution in [0, 0.1) is 6.92 Å². The van der Waals surface area contributed by atoms with Gasteiger partial charge in [0.05, 0.1) is 11.3 Å². The number of benzene rings is 1. The number of piperazine rings is 1. The lowest BCUT2D eigenvalue weighted by molar-refractivity contribution is -0.133. The Morgan fingerprint density at radius 1 is 1.45 bits per heavy atom. The quantitative estimate of drug-likeness (QED) is 0.546. The van der Waals surface area contributed by atoms with Crippen molar-refractivity contribution in [3.63, 3.8) is 0 Å². The van der Waals surface area contributed by atoms with Crippen molar-refractivity contribution in [1.82, 2.24) is 10.2 Å². The summed E-state index contributed by atoms with van der Waals surface area (Å²) in [6, 6.07) is 5.39. The first kappa shape index (κ1) is 14.3. The number of nitrogens with one attached hydrogen (secondary N) is 2. The minimum absolute atomic E-state index is 0.147. The smallest absolute Gasteiger partial charge is 0.256 e. The van der Waals surface area contributed by atoms with Gasteiger partial charge in [0.2, 0.25) is 5.91 Å². The van der Waals surface area contributed by atoms with Crippen molar-refractivity contribution in [3.8, 4) is 0 Å². The highest BCUT2D eigenvalue weighted by Gasteiger charge is 2.41. The first-order chi connectivity index (χ1) is 9.37. The Labute approximate surface area is 118 Å². The van der Waals surface area contributed by atoms with E-state index in [4.69, 9.17) is 5.84 Å². The van der Waals surface area contributed by atoms with Crippen LogP contribution >= 0.6 is 0 Å². The molecule has 20 heavy (non-hydrogen) atoms. The summed E-state index contributed by atoms with van der Waals surface area (Å²) in [6.45, 7) is 6.35. The van der Waals surface area contributed by atoms with Gasteiger partial charge in [0.15, 0.2) is 0 Å². The molecular weight excluding hydrogens is 256 g/mol. The summed E-state index contributed by atoms with van der Waals surface area (Å²) >= 11 is 0. The van der Waals surface area contributed by atoms with Crippen LogP contribution in [0.3, 0.4) is 0 Å². The van der Waals surface area contributed by atoms with E-state index in [9.17, 15) is 9.59 Å². The standard InChI is InChI=1S/C14H20N4O2/c1-9-4-5-10(11(8-9)17-15)12(19)18-7-6-16-13(20)14(18,2)3/h4-5,8,17H,6-7,15H2,1-3H3,(H,16,20). The summed E-state index contributed by atoms with van der Waals surface area (Å²) < 4.78 is 0. The van der Waals surface area contributed by atoms with Crippen molar-refractivity contribution in [2.45, 2.75) is 26.3 Å². The largest absolute Gasteiger partial charge is 0.352 e. The van der Waals surface area contributed by atoms with Gasteiger partial charge in [0, 0.05) is 13.1 Å². The number of aryl methyl sites for hydroxylation is 1. The molecule has 0 atom stereocenters. The van der Waals surface area contributed by atoms with Gasteiger partial charge in [-0.15, -0.1) is 0 Å². The van der Waals surface area contributed by atoms with Crippen LogP contribution in [0.15, 0.2) is 18.2 Å². The maximum atomic E-state index is 12.7. The van der Waals surface area contributed by atoms with Crippen LogP contribution in [0.2, 0.25) is 0 Å². The number of anilines is 1. The van der Waals surface area contributed by atoms with Crippen molar-refractivity contribution < 1.29 is 9.59 Å². The number of amides is 2. The Kier molecular flexibility index (Phi) is 3.67. The summed E-state index contributed by atoms with van der Waals surface area (Å²) in [4.78, 5) is 26.2. The van der Waals surface area contributed by atoms with Crippen molar-refractivity contribution in [2.24, 2.45) is 5.84 Å². The number of carbonyl (C=O) groups excluding carboxylic acids is 2. The van der Waals surface area contributed by atoms with Crippen molar-refractivity contribution in [1.29, 1.82) is 0 Å². The summed E-state index contributed by atoms with van der Waals surface area (Å²) in [5, 5.41) is 2.77. The summed E-state index contributed by atoms with van der Waals surface area (Å²) in [6.07, 6.45) is 0. The van der Waals surface area contributed by atoms with Gasteiger partial charge in [-0.25, -0.2) is 0 Å². The Bertz CT molecular complexity index is 554. The highest BCUT2D eigenvalue weighted by atomic mass is 16.2. The fourth-order valence-corrected chi connectivity index (χ4v) is 2.36. The first-order valence-corrected chi connectivity index (χ1v) is 6.55. The number of nitrogens with two attached hydrogens (primary N) is 1. The van der Waals surface area contributed by atoms with Crippen molar-refractivity contribution in [3.05, 3.63) is 29.3 Å². The predicted octanol–water partition coefficient (Wildman–Crippen LogP) is 0.631. The summed E-state index contributed by atoms with van der Waals surface area (Å²) in [7, 11) is 0. The Balaban J connectivity index is 2.38. The van der Waals surface area contributed by atoms with Gasteiger partial charge in [-0.05, 0) is 38.5 Å². The molecule has 0 spiro atoms. The molecule has 0 aromatic heterocycles. The summed E-state index contributed by atoms with van der Waals surface area (Å²) in [5.41, 5.74) is 3.72. The van der Waals surface area contributed by atoms with E-state index in [1.54, 1.807) is 24.8 Å². The lowest BCUT2D eigenvalue weighted by Crippen LogP contribution is -2.63. The number of hydrazine groups is 1. The lowest BCUT2D eigenvalue weighted by Gasteiger charge is -2.41. The van der Waals surface area contributed by atoms with Crippen LogP contribution in [0.1, 0.15) is 29.8 Å². The van der Waals surface area contributed by atoms with E-state index in [0.717, 1.165) is 5.56 Å². The average Bonchev–Trinajstić information content (AvgIpc) is 2.41. The molecule has 0 aliphatic carbocycles. The third kappa shape index (κ3) is 2.34. The van der Waals surface area contributed by atoms with Crippen LogP contribution < -0.4 is 16.6 Å². The highest BCUT2D eigenvalue weighted by molar-refractivity contribution is 6.03. The van der Waals surface area contributed by atoms with Gasteiger partial charge in [-0.3, -0.25) is 15.4 Å². The van der Waals surface area contributed by atoms with E-state index in [0.29, 0.717) is 24.3 Å². The third-order valence-corrected chi connectivity index (χ3v) is 3.66. The molecule has 1 aromatic rings. The average molecular weight is 276 g/mol. The molecule has 1 heterocycles. The molecule has 2 rings (SSSR count). The Morgan fingerprint density at radius 3 is 2.80 bits per heavy atom. The minimum atomic E-state index is -0.869. The molecule has 1 saturated heterocycles. The zero-order valence-corrected chi connectivity index (χ0v) is 12.0. The highest BCUT2D eigenvalue weighted by Crippen LogP contribution is 2.24. The molecule has 0 unspecified atom stereocenters. The van der Waals surface area contributed by atoms with Crippen LogP contribution in [-0.2, 0) is 4.79 Å².